The minimum absolute atomic E-state index is 0.236. The molecule has 0 bridgehead atoms. The normalized spacial score (nSPS) is 25.0. The minimum Gasteiger partial charge on any atom is -0.480 e. The van der Waals surface area contributed by atoms with Crippen LogP contribution < -0.4 is 0 Å². The Labute approximate surface area is 108 Å². The number of hydrogen-bond donors (Lipinski definition) is 1. The van der Waals surface area contributed by atoms with Gasteiger partial charge in [0.1, 0.15) is 6.04 Å². The Balaban J connectivity index is 2.16. The van der Waals surface area contributed by atoms with Gasteiger partial charge < -0.3 is 5.11 Å². The fourth-order valence-corrected chi connectivity index (χ4v) is 2.86. The Morgan fingerprint density at radius 3 is 2.83 bits per heavy atom. The van der Waals surface area contributed by atoms with Crippen LogP contribution in [0.3, 0.4) is 0 Å². The van der Waals surface area contributed by atoms with Gasteiger partial charge in [-0.15, -0.1) is 0 Å². The van der Waals surface area contributed by atoms with Gasteiger partial charge in [0, 0.05) is 6.54 Å². The second-order valence-electron chi connectivity index (χ2n) is 5.30. The Morgan fingerprint density at radius 1 is 1.44 bits per heavy atom. The summed E-state index contributed by atoms with van der Waals surface area (Å²) in [5.74, 6) is -0.448. The number of benzene rings is 1. The van der Waals surface area contributed by atoms with Crippen LogP contribution in [0.1, 0.15) is 30.9 Å². The van der Waals surface area contributed by atoms with Crippen molar-refractivity contribution < 1.29 is 9.90 Å². The molecule has 1 N–H and O–H groups in total. The number of carboxylic acids is 1. The number of carboxylic acid groups (broad SMARTS) is 1. The lowest BCUT2D eigenvalue weighted by Crippen LogP contribution is -2.48. The third-order valence-corrected chi connectivity index (χ3v) is 3.92. The van der Waals surface area contributed by atoms with Gasteiger partial charge in [-0.05, 0) is 43.4 Å². The SMILES string of the molecule is Cc1ccccc1CN1CCCC(C)C1C(=O)O. The Morgan fingerprint density at radius 2 is 2.17 bits per heavy atom. The second kappa shape index (κ2) is 5.53. The first-order valence-electron chi connectivity index (χ1n) is 6.61. The molecule has 0 saturated carbocycles. The van der Waals surface area contributed by atoms with Crippen LogP contribution >= 0.6 is 0 Å². The first-order chi connectivity index (χ1) is 8.59. The number of hydrogen-bond acceptors (Lipinski definition) is 2. The van der Waals surface area contributed by atoms with Crippen LogP contribution in [0.15, 0.2) is 24.3 Å². The lowest BCUT2D eigenvalue weighted by atomic mass is 9.90. The zero-order valence-corrected chi connectivity index (χ0v) is 11.1. The van der Waals surface area contributed by atoms with Gasteiger partial charge in [0.25, 0.3) is 0 Å². The molecular formula is C15H21NO2. The van der Waals surface area contributed by atoms with E-state index in [0.29, 0.717) is 0 Å². The van der Waals surface area contributed by atoms with Crippen LogP contribution in [0.25, 0.3) is 0 Å². The fourth-order valence-electron chi connectivity index (χ4n) is 2.86. The van der Waals surface area contributed by atoms with Crippen molar-refractivity contribution >= 4 is 5.97 Å². The summed E-state index contributed by atoms with van der Waals surface area (Å²) in [5.41, 5.74) is 2.47. The number of carbonyl (C=O) groups is 1. The predicted molar refractivity (Wildman–Crippen MR) is 71.4 cm³/mol. The summed E-state index contributed by atoms with van der Waals surface area (Å²) in [6, 6.07) is 7.88. The number of likely N-dealkylation sites (tertiary alicyclic amines) is 1. The molecule has 1 heterocycles. The number of aryl methyl sites for hydroxylation is 1. The molecule has 1 aliphatic heterocycles. The van der Waals surface area contributed by atoms with Crippen LogP contribution in [0.2, 0.25) is 0 Å². The van der Waals surface area contributed by atoms with Gasteiger partial charge in [0.05, 0.1) is 0 Å². The topological polar surface area (TPSA) is 40.5 Å². The monoisotopic (exact) mass is 247 g/mol. The quantitative estimate of drug-likeness (QED) is 0.892. The Bertz CT molecular complexity index is 430. The third-order valence-electron chi connectivity index (χ3n) is 3.92. The van der Waals surface area contributed by atoms with Crippen molar-refractivity contribution in [2.75, 3.05) is 6.54 Å². The maximum absolute atomic E-state index is 11.4. The summed E-state index contributed by atoms with van der Waals surface area (Å²) in [6.07, 6.45) is 2.11. The van der Waals surface area contributed by atoms with E-state index in [0.717, 1.165) is 25.9 Å². The molecule has 1 aromatic carbocycles. The first-order valence-corrected chi connectivity index (χ1v) is 6.61. The number of nitrogens with zero attached hydrogens (tertiary/aromatic N) is 1. The van der Waals surface area contributed by atoms with E-state index >= 15 is 0 Å². The molecule has 0 radical (unpaired) electrons. The number of aliphatic carboxylic acids is 1. The lowest BCUT2D eigenvalue weighted by molar-refractivity contribution is -0.147. The van der Waals surface area contributed by atoms with E-state index in [-0.39, 0.29) is 12.0 Å². The van der Waals surface area contributed by atoms with Gasteiger partial charge >= 0.3 is 5.97 Å². The molecule has 0 spiro atoms. The molecule has 0 amide bonds. The maximum Gasteiger partial charge on any atom is 0.321 e. The molecule has 1 fully saturated rings. The molecule has 0 aromatic heterocycles. The molecule has 1 saturated heterocycles. The van der Waals surface area contributed by atoms with Crippen LogP contribution in [0.4, 0.5) is 0 Å². The third kappa shape index (κ3) is 2.72. The van der Waals surface area contributed by atoms with Crippen LogP contribution in [0.5, 0.6) is 0 Å². The van der Waals surface area contributed by atoms with E-state index < -0.39 is 5.97 Å². The molecule has 2 unspecified atom stereocenters. The largest absolute Gasteiger partial charge is 0.480 e. The van der Waals surface area contributed by atoms with Crippen molar-refractivity contribution in [1.29, 1.82) is 0 Å². The minimum atomic E-state index is -0.684. The molecule has 18 heavy (non-hydrogen) atoms. The molecule has 3 nitrogen and oxygen atoms in total. The summed E-state index contributed by atoms with van der Waals surface area (Å²) in [5, 5.41) is 9.38. The predicted octanol–water partition coefficient (Wildman–Crippen LogP) is 2.68. The van der Waals surface area contributed by atoms with Crippen LogP contribution in [-0.2, 0) is 11.3 Å². The molecule has 1 aromatic rings. The van der Waals surface area contributed by atoms with Gasteiger partial charge in [-0.25, -0.2) is 0 Å². The molecule has 98 valence electrons. The maximum atomic E-state index is 11.4. The fraction of sp³-hybridized carbons (Fsp3) is 0.533. The summed E-state index contributed by atoms with van der Waals surface area (Å²) < 4.78 is 0. The van der Waals surface area contributed by atoms with Gasteiger partial charge in [0.2, 0.25) is 0 Å². The van der Waals surface area contributed by atoms with Crippen molar-refractivity contribution in [2.24, 2.45) is 5.92 Å². The summed E-state index contributed by atoms with van der Waals surface area (Å²) in [7, 11) is 0. The summed E-state index contributed by atoms with van der Waals surface area (Å²) >= 11 is 0. The smallest absolute Gasteiger partial charge is 0.321 e. The highest BCUT2D eigenvalue weighted by Crippen LogP contribution is 2.25. The van der Waals surface area contributed by atoms with Crippen molar-refractivity contribution in [3.05, 3.63) is 35.4 Å². The van der Waals surface area contributed by atoms with E-state index in [9.17, 15) is 9.90 Å². The molecule has 1 aliphatic rings. The Kier molecular flexibility index (Phi) is 4.02. The highest BCUT2D eigenvalue weighted by Gasteiger charge is 2.34. The van der Waals surface area contributed by atoms with Crippen molar-refractivity contribution in [3.63, 3.8) is 0 Å². The average Bonchev–Trinajstić information content (AvgIpc) is 2.31. The number of piperidine rings is 1. The highest BCUT2D eigenvalue weighted by molar-refractivity contribution is 5.74. The first kappa shape index (κ1) is 13.1. The Hall–Kier alpha value is -1.35. The van der Waals surface area contributed by atoms with E-state index in [4.69, 9.17) is 0 Å². The summed E-state index contributed by atoms with van der Waals surface area (Å²) in [6.45, 7) is 5.75. The van der Waals surface area contributed by atoms with Crippen molar-refractivity contribution in [3.8, 4) is 0 Å². The van der Waals surface area contributed by atoms with Gasteiger partial charge in [-0.1, -0.05) is 31.2 Å². The van der Waals surface area contributed by atoms with Crippen LogP contribution in [-0.4, -0.2) is 28.6 Å². The van der Waals surface area contributed by atoms with E-state index in [1.165, 1.54) is 11.1 Å². The van der Waals surface area contributed by atoms with Crippen molar-refractivity contribution in [1.82, 2.24) is 4.90 Å². The van der Waals surface area contributed by atoms with Gasteiger partial charge in [-0.3, -0.25) is 9.69 Å². The standard InChI is InChI=1S/C15H21NO2/c1-11-6-3-4-8-13(11)10-16-9-5-7-12(2)14(16)15(17)18/h3-4,6,8,12,14H,5,7,9-10H2,1-2H3,(H,17,18). The second-order valence-corrected chi connectivity index (χ2v) is 5.30. The molecular weight excluding hydrogens is 226 g/mol. The van der Waals surface area contributed by atoms with E-state index in [1.54, 1.807) is 0 Å². The van der Waals surface area contributed by atoms with Crippen molar-refractivity contribution in [2.45, 2.75) is 39.3 Å². The van der Waals surface area contributed by atoms with Gasteiger partial charge in [-0.2, -0.15) is 0 Å². The molecule has 2 rings (SSSR count). The van der Waals surface area contributed by atoms with Gasteiger partial charge in [0.15, 0.2) is 0 Å². The lowest BCUT2D eigenvalue weighted by Gasteiger charge is -2.37. The molecule has 3 heteroatoms. The number of rotatable bonds is 3. The van der Waals surface area contributed by atoms with Crippen LogP contribution in [0, 0.1) is 12.8 Å². The van der Waals surface area contributed by atoms with E-state index in [2.05, 4.69) is 24.0 Å². The summed E-state index contributed by atoms with van der Waals surface area (Å²) in [4.78, 5) is 13.5. The average molecular weight is 247 g/mol. The highest BCUT2D eigenvalue weighted by atomic mass is 16.4. The molecule has 2 atom stereocenters. The zero-order valence-electron chi connectivity index (χ0n) is 11.1. The molecule has 0 aliphatic carbocycles. The van der Waals surface area contributed by atoms with E-state index in [1.807, 2.05) is 19.1 Å². The zero-order chi connectivity index (χ0) is 13.1.